The number of nitrogens with two attached hydrogens (primary N) is 1. The molecule has 1 saturated heterocycles. The molecule has 0 saturated carbocycles. The Labute approximate surface area is 117 Å². The van der Waals surface area contributed by atoms with E-state index in [0.29, 0.717) is 18.4 Å². The van der Waals surface area contributed by atoms with Gasteiger partial charge in [-0.25, -0.2) is 0 Å². The van der Waals surface area contributed by atoms with E-state index in [9.17, 15) is 4.79 Å². The van der Waals surface area contributed by atoms with Crippen LogP contribution >= 0.6 is 0 Å². The molecule has 0 aromatic rings. The molecule has 19 heavy (non-hydrogen) atoms. The third-order valence-corrected chi connectivity index (χ3v) is 4.17. The molecule has 0 aliphatic carbocycles. The molecule has 1 atom stereocenters. The minimum absolute atomic E-state index is 0.282. The predicted molar refractivity (Wildman–Crippen MR) is 77.9 cm³/mol. The lowest BCUT2D eigenvalue weighted by molar-refractivity contribution is -0.134. The monoisotopic (exact) mass is 270 g/mol. The topological polar surface area (TPSA) is 55.6 Å². The highest BCUT2D eigenvalue weighted by molar-refractivity contribution is 5.76. The van der Waals surface area contributed by atoms with Crippen molar-refractivity contribution in [3.63, 3.8) is 0 Å². The van der Waals surface area contributed by atoms with Crippen molar-refractivity contribution in [2.45, 2.75) is 57.9 Å². The van der Waals surface area contributed by atoms with Crippen molar-refractivity contribution in [3.8, 4) is 0 Å². The van der Waals surface area contributed by atoms with Crippen LogP contribution in [0.1, 0.15) is 51.9 Å². The van der Waals surface area contributed by atoms with E-state index in [1.807, 2.05) is 11.9 Å². The molecule has 1 heterocycles. The van der Waals surface area contributed by atoms with Crippen LogP contribution in [0.15, 0.2) is 0 Å². The van der Waals surface area contributed by atoms with E-state index < -0.39 is 0 Å². The van der Waals surface area contributed by atoms with Gasteiger partial charge < -0.3 is 15.4 Å². The molecule has 0 aromatic heterocycles. The maximum atomic E-state index is 12.2. The van der Waals surface area contributed by atoms with Crippen LogP contribution < -0.4 is 5.73 Å². The van der Waals surface area contributed by atoms with Crippen molar-refractivity contribution in [1.82, 2.24) is 4.90 Å². The Morgan fingerprint density at radius 2 is 2.00 bits per heavy atom. The molecule has 1 rings (SSSR count). The first kappa shape index (κ1) is 16.4. The molecule has 0 aromatic carbocycles. The number of carbonyl (C=O) groups excluding carboxylic acids is 1. The summed E-state index contributed by atoms with van der Waals surface area (Å²) < 4.78 is 5.34. The largest absolute Gasteiger partial charge is 0.381 e. The van der Waals surface area contributed by atoms with Gasteiger partial charge in [-0.2, -0.15) is 0 Å². The van der Waals surface area contributed by atoms with Gasteiger partial charge in [-0.1, -0.05) is 19.8 Å². The Bertz CT molecular complexity index is 247. The molecule has 1 aliphatic heterocycles. The first-order valence-electron chi connectivity index (χ1n) is 7.72. The van der Waals surface area contributed by atoms with Gasteiger partial charge in [0, 0.05) is 32.7 Å². The minimum atomic E-state index is 0.282. The van der Waals surface area contributed by atoms with Gasteiger partial charge in [0.25, 0.3) is 0 Å². The Morgan fingerprint density at radius 1 is 1.32 bits per heavy atom. The lowest BCUT2D eigenvalue weighted by Gasteiger charge is -2.31. The molecule has 1 fully saturated rings. The molecule has 4 nitrogen and oxygen atoms in total. The van der Waals surface area contributed by atoms with E-state index in [2.05, 4.69) is 6.92 Å². The Hall–Kier alpha value is -0.610. The zero-order chi connectivity index (χ0) is 14.1. The van der Waals surface area contributed by atoms with Crippen LogP contribution in [0.3, 0.4) is 0 Å². The van der Waals surface area contributed by atoms with E-state index in [1.54, 1.807) is 0 Å². The first-order chi connectivity index (χ1) is 9.19. The normalized spacial score (nSPS) is 18.3. The first-order valence-corrected chi connectivity index (χ1v) is 7.72. The van der Waals surface area contributed by atoms with Crippen molar-refractivity contribution in [3.05, 3.63) is 0 Å². The van der Waals surface area contributed by atoms with Crippen molar-refractivity contribution in [2.24, 2.45) is 11.7 Å². The van der Waals surface area contributed by atoms with Gasteiger partial charge in [0.1, 0.15) is 0 Å². The summed E-state index contributed by atoms with van der Waals surface area (Å²) in [7, 11) is 1.94. The van der Waals surface area contributed by atoms with Crippen LogP contribution in [-0.4, -0.2) is 43.7 Å². The molecule has 4 heteroatoms. The van der Waals surface area contributed by atoms with Gasteiger partial charge in [0.2, 0.25) is 5.91 Å². The number of amides is 1. The van der Waals surface area contributed by atoms with E-state index in [-0.39, 0.29) is 5.91 Å². The Balaban J connectivity index is 2.31. The lowest BCUT2D eigenvalue weighted by Crippen LogP contribution is -2.40. The summed E-state index contributed by atoms with van der Waals surface area (Å²) in [6, 6.07) is 0.375. The summed E-state index contributed by atoms with van der Waals surface area (Å²) in [5, 5.41) is 0. The SMILES string of the molecule is CCCC(CCN)CCC(=O)N(C)C1CCOCC1. The standard InChI is InChI=1S/C15H30N2O2/c1-3-4-13(7-10-16)5-6-15(18)17(2)14-8-11-19-12-9-14/h13-14H,3-12,16H2,1-2H3. The zero-order valence-corrected chi connectivity index (χ0v) is 12.6. The third kappa shape index (κ3) is 5.91. The van der Waals surface area contributed by atoms with E-state index in [0.717, 1.165) is 45.4 Å². The number of hydrogen-bond donors (Lipinski definition) is 1. The fourth-order valence-electron chi connectivity index (χ4n) is 2.86. The molecule has 1 unspecified atom stereocenters. The highest BCUT2D eigenvalue weighted by Gasteiger charge is 2.22. The molecule has 2 N–H and O–H groups in total. The third-order valence-electron chi connectivity index (χ3n) is 4.17. The van der Waals surface area contributed by atoms with E-state index in [4.69, 9.17) is 10.5 Å². The van der Waals surface area contributed by atoms with Gasteiger partial charge in [-0.15, -0.1) is 0 Å². The number of hydrogen-bond acceptors (Lipinski definition) is 3. The molecular weight excluding hydrogens is 240 g/mol. The maximum absolute atomic E-state index is 12.2. The van der Waals surface area contributed by atoms with Gasteiger partial charge in [0.05, 0.1) is 0 Å². The van der Waals surface area contributed by atoms with Gasteiger partial charge in [-0.3, -0.25) is 4.79 Å². The van der Waals surface area contributed by atoms with Crippen molar-refractivity contribution < 1.29 is 9.53 Å². The van der Waals surface area contributed by atoms with Crippen LogP contribution in [0.2, 0.25) is 0 Å². The van der Waals surface area contributed by atoms with E-state index >= 15 is 0 Å². The summed E-state index contributed by atoms with van der Waals surface area (Å²) in [6.07, 6.45) is 7.01. The maximum Gasteiger partial charge on any atom is 0.222 e. The number of nitrogens with zero attached hydrogens (tertiary/aromatic N) is 1. The molecule has 1 aliphatic rings. The highest BCUT2D eigenvalue weighted by atomic mass is 16.5. The Morgan fingerprint density at radius 3 is 2.58 bits per heavy atom. The number of ether oxygens (including phenoxy) is 1. The molecule has 1 amide bonds. The lowest BCUT2D eigenvalue weighted by atomic mass is 9.94. The zero-order valence-electron chi connectivity index (χ0n) is 12.6. The summed E-state index contributed by atoms with van der Waals surface area (Å²) in [5.41, 5.74) is 5.63. The van der Waals surface area contributed by atoms with Crippen molar-refractivity contribution in [2.75, 3.05) is 26.8 Å². The smallest absolute Gasteiger partial charge is 0.222 e. The molecule has 0 bridgehead atoms. The fourth-order valence-corrected chi connectivity index (χ4v) is 2.86. The molecule has 0 radical (unpaired) electrons. The fraction of sp³-hybridized carbons (Fsp3) is 0.933. The van der Waals surface area contributed by atoms with Crippen LogP contribution in [0.5, 0.6) is 0 Å². The van der Waals surface area contributed by atoms with Crippen LogP contribution in [0.4, 0.5) is 0 Å². The second-order valence-corrected chi connectivity index (χ2v) is 5.62. The minimum Gasteiger partial charge on any atom is -0.381 e. The summed E-state index contributed by atoms with van der Waals surface area (Å²) in [5.74, 6) is 0.895. The predicted octanol–water partition coefficient (Wildman–Crippen LogP) is 2.17. The van der Waals surface area contributed by atoms with Gasteiger partial charge in [-0.05, 0) is 38.1 Å². The summed E-state index contributed by atoms with van der Waals surface area (Å²) in [4.78, 5) is 14.1. The molecule has 0 spiro atoms. The average molecular weight is 270 g/mol. The molecular formula is C15H30N2O2. The summed E-state index contributed by atoms with van der Waals surface area (Å²) in [6.45, 7) is 4.50. The second-order valence-electron chi connectivity index (χ2n) is 5.62. The molecule has 112 valence electrons. The van der Waals surface area contributed by atoms with Crippen LogP contribution in [0.25, 0.3) is 0 Å². The second kappa shape index (κ2) is 9.32. The Kier molecular flexibility index (Phi) is 8.07. The van der Waals surface area contributed by atoms with Crippen LogP contribution in [0, 0.1) is 5.92 Å². The van der Waals surface area contributed by atoms with Crippen LogP contribution in [-0.2, 0) is 9.53 Å². The average Bonchev–Trinajstić information content (AvgIpc) is 2.45. The van der Waals surface area contributed by atoms with E-state index in [1.165, 1.54) is 12.8 Å². The highest BCUT2D eigenvalue weighted by Crippen LogP contribution is 2.19. The van der Waals surface area contributed by atoms with Gasteiger partial charge in [0.15, 0.2) is 0 Å². The number of rotatable bonds is 8. The van der Waals surface area contributed by atoms with Crippen molar-refractivity contribution >= 4 is 5.91 Å². The van der Waals surface area contributed by atoms with Gasteiger partial charge >= 0.3 is 0 Å². The quantitative estimate of drug-likeness (QED) is 0.735. The van der Waals surface area contributed by atoms with Crippen molar-refractivity contribution in [1.29, 1.82) is 0 Å². The summed E-state index contributed by atoms with van der Waals surface area (Å²) >= 11 is 0. The number of carbonyl (C=O) groups is 1.